The van der Waals surface area contributed by atoms with Crippen molar-refractivity contribution in [2.45, 2.75) is 44.4 Å². The zero-order chi connectivity index (χ0) is 26.0. The number of ketones is 1. The van der Waals surface area contributed by atoms with Gasteiger partial charge in [0.05, 0.1) is 25.9 Å². The molecule has 10 nitrogen and oxygen atoms in total. The maximum atomic E-state index is 14.0. The smallest absolute Gasteiger partial charge is 0.298 e. The summed E-state index contributed by atoms with van der Waals surface area (Å²) >= 11 is 6.08. The van der Waals surface area contributed by atoms with Crippen LogP contribution in [0.25, 0.3) is 0 Å². The molecule has 1 unspecified atom stereocenters. The van der Waals surface area contributed by atoms with Gasteiger partial charge in [-0.15, -0.1) is 0 Å². The number of aliphatic imine (C=N–C) groups is 1. The van der Waals surface area contributed by atoms with Crippen LogP contribution in [0.4, 0.5) is 4.39 Å². The standard InChI is InChI=1S/C24H26ClFN4O6/c1-3-14-11-35-12-16-22-28-19(20(32)24(34)30(14)22)23(33)27-10-13-7-8-15(26)18(25)21(13)36-9-5-4-6-17(31)29(16)2/h4,6-8,14,16,19H,3,5,9-12H2,1-2H3,(H,27,33)/b6-4-/t14-,16+,19?/m0/s1. The second-order valence-electron chi connectivity index (χ2n) is 8.60. The van der Waals surface area contributed by atoms with Crippen LogP contribution < -0.4 is 10.1 Å². The summed E-state index contributed by atoms with van der Waals surface area (Å²) in [5.74, 6) is -3.61. The summed E-state index contributed by atoms with van der Waals surface area (Å²) in [5.41, 5.74) is 0.372. The molecule has 0 spiro atoms. The number of Topliss-reactive ketones (excluding diaryl/α,β-unsaturated/α-hetero) is 1. The number of rotatable bonds is 1. The Kier molecular flexibility index (Phi) is 7.70. The quantitative estimate of drug-likeness (QED) is 0.440. The Hall–Kier alpha value is -3.31. The fourth-order valence-corrected chi connectivity index (χ4v) is 4.49. The number of hydrogen-bond donors (Lipinski definition) is 1. The minimum Gasteiger partial charge on any atom is -0.491 e. The lowest BCUT2D eigenvalue weighted by Crippen LogP contribution is -2.61. The Labute approximate surface area is 212 Å². The molecule has 3 aliphatic rings. The summed E-state index contributed by atoms with van der Waals surface area (Å²) in [4.78, 5) is 59.1. The van der Waals surface area contributed by atoms with E-state index in [9.17, 15) is 23.6 Å². The van der Waals surface area contributed by atoms with E-state index in [0.717, 1.165) is 6.07 Å². The number of hydrogen-bond acceptors (Lipinski definition) is 7. The van der Waals surface area contributed by atoms with Gasteiger partial charge < -0.3 is 19.7 Å². The number of amides is 3. The monoisotopic (exact) mass is 520 g/mol. The molecular formula is C24H26ClFN4O6. The Morgan fingerprint density at radius 1 is 1.22 bits per heavy atom. The Morgan fingerprint density at radius 2 is 2.00 bits per heavy atom. The first-order valence-electron chi connectivity index (χ1n) is 11.6. The predicted molar refractivity (Wildman–Crippen MR) is 127 cm³/mol. The molecule has 3 aliphatic heterocycles. The normalized spacial score (nSPS) is 26.4. The number of benzene rings is 1. The van der Waals surface area contributed by atoms with E-state index in [1.54, 1.807) is 6.08 Å². The van der Waals surface area contributed by atoms with E-state index in [4.69, 9.17) is 21.1 Å². The summed E-state index contributed by atoms with van der Waals surface area (Å²) in [6.07, 6.45) is 3.74. The molecule has 1 aromatic rings. The maximum Gasteiger partial charge on any atom is 0.298 e. The molecular weight excluding hydrogens is 495 g/mol. The second-order valence-corrected chi connectivity index (χ2v) is 8.98. The van der Waals surface area contributed by atoms with Gasteiger partial charge in [-0.2, -0.15) is 0 Å². The van der Waals surface area contributed by atoms with Crippen LogP contribution in [0.5, 0.6) is 5.75 Å². The number of amidine groups is 1. The minimum absolute atomic E-state index is 0.0382. The number of carbonyl (C=O) groups is 4. The molecule has 3 amide bonds. The van der Waals surface area contributed by atoms with Crippen molar-refractivity contribution < 1.29 is 33.0 Å². The van der Waals surface area contributed by atoms with Crippen molar-refractivity contribution in [1.29, 1.82) is 0 Å². The third kappa shape index (κ3) is 4.85. The minimum atomic E-state index is -1.64. The molecule has 1 N–H and O–H groups in total. The van der Waals surface area contributed by atoms with Gasteiger partial charge in [0.15, 0.2) is 6.04 Å². The number of carbonyl (C=O) groups excluding carboxylic acids is 4. The van der Waals surface area contributed by atoms with Crippen LogP contribution in [-0.2, 0) is 30.5 Å². The van der Waals surface area contributed by atoms with E-state index >= 15 is 0 Å². The second kappa shape index (κ2) is 10.8. The Bertz CT molecular complexity index is 1160. The summed E-state index contributed by atoms with van der Waals surface area (Å²) in [6.45, 7) is 1.99. The zero-order valence-electron chi connectivity index (χ0n) is 19.8. The van der Waals surface area contributed by atoms with Crippen LogP contribution in [0.15, 0.2) is 29.3 Å². The molecule has 36 heavy (non-hydrogen) atoms. The van der Waals surface area contributed by atoms with Crippen LogP contribution in [0.1, 0.15) is 25.3 Å². The number of nitrogens with one attached hydrogen (secondary N) is 1. The number of fused-ring (bicyclic) bond motifs is 2. The molecule has 0 aromatic heterocycles. The van der Waals surface area contributed by atoms with Gasteiger partial charge in [0.25, 0.3) is 17.6 Å². The molecule has 192 valence electrons. The van der Waals surface area contributed by atoms with Crippen molar-refractivity contribution in [1.82, 2.24) is 15.1 Å². The third-order valence-electron chi connectivity index (χ3n) is 6.35. The van der Waals surface area contributed by atoms with Gasteiger partial charge in [0.1, 0.15) is 28.5 Å². The van der Waals surface area contributed by atoms with Gasteiger partial charge in [-0.05, 0) is 25.0 Å². The van der Waals surface area contributed by atoms with Crippen molar-refractivity contribution in [3.05, 3.63) is 40.7 Å². The Balaban J connectivity index is 1.77. The van der Waals surface area contributed by atoms with E-state index in [1.165, 1.54) is 29.0 Å². The SMILES string of the molecule is CC[C@H]1COC[C@@H]2C3=NC(C(=O)NCc4ccc(F)c(Cl)c4OCC/C=C\C(=O)N2C)C(=O)C(=O)N31. The zero-order valence-corrected chi connectivity index (χ0v) is 20.6. The first-order valence-corrected chi connectivity index (χ1v) is 12.0. The number of likely N-dealkylation sites (N-methyl/N-ethyl adjacent to an activating group) is 1. The lowest BCUT2D eigenvalue weighted by atomic mass is 10.0. The van der Waals surface area contributed by atoms with Gasteiger partial charge in [0.2, 0.25) is 5.91 Å². The molecule has 4 rings (SSSR count). The number of nitrogens with zero attached hydrogens (tertiary/aromatic N) is 3. The molecule has 1 aromatic carbocycles. The van der Waals surface area contributed by atoms with E-state index in [2.05, 4.69) is 10.3 Å². The summed E-state index contributed by atoms with van der Waals surface area (Å²) < 4.78 is 25.4. The summed E-state index contributed by atoms with van der Waals surface area (Å²) in [7, 11) is 1.53. The fraction of sp³-hybridized carbons (Fsp3) is 0.458. The lowest BCUT2D eigenvalue weighted by molar-refractivity contribution is -0.147. The van der Waals surface area contributed by atoms with Crippen LogP contribution >= 0.6 is 11.6 Å². The van der Waals surface area contributed by atoms with Crippen molar-refractivity contribution in [2.24, 2.45) is 4.99 Å². The van der Waals surface area contributed by atoms with E-state index < -0.39 is 47.4 Å². The fourth-order valence-electron chi connectivity index (χ4n) is 4.25. The van der Waals surface area contributed by atoms with Gasteiger partial charge >= 0.3 is 0 Å². The highest BCUT2D eigenvalue weighted by Crippen LogP contribution is 2.32. The van der Waals surface area contributed by atoms with Gasteiger partial charge in [0, 0.05) is 19.2 Å². The highest BCUT2D eigenvalue weighted by atomic mass is 35.5. The molecule has 0 radical (unpaired) electrons. The predicted octanol–water partition coefficient (Wildman–Crippen LogP) is 1.25. The maximum absolute atomic E-state index is 14.0. The van der Waals surface area contributed by atoms with Crippen molar-refractivity contribution >= 4 is 40.9 Å². The molecule has 3 atom stereocenters. The van der Waals surface area contributed by atoms with E-state index in [-0.39, 0.29) is 43.0 Å². The van der Waals surface area contributed by atoms with Crippen molar-refractivity contribution in [2.75, 3.05) is 26.9 Å². The van der Waals surface area contributed by atoms with Crippen molar-refractivity contribution in [3.8, 4) is 5.75 Å². The third-order valence-corrected chi connectivity index (χ3v) is 6.70. The molecule has 0 aliphatic carbocycles. The van der Waals surface area contributed by atoms with Gasteiger partial charge in [-0.1, -0.05) is 30.7 Å². The topological polar surface area (TPSA) is 118 Å². The molecule has 0 saturated carbocycles. The van der Waals surface area contributed by atoms with Crippen molar-refractivity contribution in [3.63, 3.8) is 0 Å². The van der Waals surface area contributed by atoms with Crippen LogP contribution in [0.3, 0.4) is 0 Å². The highest BCUT2D eigenvalue weighted by Gasteiger charge is 2.47. The molecule has 12 heteroatoms. The molecule has 1 fully saturated rings. The molecule has 3 heterocycles. The summed E-state index contributed by atoms with van der Waals surface area (Å²) in [5, 5.41) is 2.32. The average Bonchev–Trinajstić information content (AvgIpc) is 3.05. The van der Waals surface area contributed by atoms with Gasteiger partial charge in [-0.25, -0.2) is 9.38 Å². The lowest BCUT2D eigenvalue weighted by Gasteiger charge is -2.37. The molecule has 1 saturated heterocycles. The van der Waals surface area contributed by atoms with Crippen LogP contribution in [-0.4, -0.2) is 84.1 Å². The van der Waals surface area contributed by atoms with Gasteiger partial charge in [-0.3, -0.25) is 24.1 Å². The summed E-state index contributed by atoms with van der Waals surface area (Å²) in [6, 6.07) is -0.371. The molecule has 2 bridgehead atoms. The average molecular weight is 521 g/mol. The number of ether oxygens (including phenoxy) is 2. The van der Waals surface area contributed by atoms with Crippen LogP contribution in [0, 0.1) is 5.82 Å². The van der Waals surface area contributed by atoms with E-state index in [1.807, 2.05) is 6.92 Å². The first-order chi connectivity index (χ1) is 17.2. The van der Waals surface area contributed by atoms with Crippen LogP contribution in [0.2, 0.25) is 5.02 Å². The first kappa shape index (κ1) is 25.8. The number of halogens is 2. The Morgan fingerprint density at radius 3 is 2.75 bits per heavy atom. The largest absolute Gasteiger partial charge is 0.491 e. The van der Waals surface area contributed by atoms with E-state index in [0.29, 0.717) is 18.4 Å². The highest BCUT2D eigenvalue weighted by molar-refractivity contribution is 6.46.